The summed E-state index contributed by atoms with van der Waals surface area (Å²) in [6.07, 6.45) is -0.225. The van der Waals surface area contributed by atoms with Gasteiger partial charge in [0.15, 0.2) is 0 Å². The molecule has 0 saturated heterocycles. The molecule has 1 aromatic carbocycles. The molecule has 0 unspecified atom stereocenters. The van der Waals surface area contributed by atoms with Crippen LogP contribution in [-0.2, 0) is 10.3 Å². The number of alkyl halides is 2. The van der Waals surface area contributed by atoms with Crippen LogP contribution in [0.15, 0.2) is 23.2 Å². The average molecular weight is 327 g/mol. The van der Waals surface area contributed by atoms with E-state index >= 15 is 0 Å². The van der Waals surface area contributed by atoms with Crippen LogP contribution in [0.1, 0.15) is 25.8 Å². The maximum atomic E-state index is 14.8. The van der Waals surface area contributed by atoms with Gasteiger partial charge in [0.25, 0.3) is 11.7 Å². The molecule has 0 radical (unpaired) electrons. The average Bonchev–Trinajstić information content (AvgIpc) is 2.42. The molecular weight excluding hydrogens is 312 g/mol. The number of fused-ring (bicyclic) bond motifs is 2. The quantitative estimate of drug-likeness (QED) is 0.630. The topological polar surface area (TPSA) is 100.0 Å². The molecule has 9 heteroatoms. The van der Waals surface area contributed by atoms with E-state index in [0.29, 0.717) is 0 Å². The molecule has 23 heavy (non-hydrogen) atoms. The standard InChI is InChI=1S/C14H15F2N3O4/c1-12(2)6-13(14(15,16)7-18-11(17)23-13)9-5-8(19(20)21)3-4-10(9)22-12/h3-5H,6-7H2,1-2H3,(H2,17,18)/t13-/m1/s1. The number of nitro benzene ring substituents is 1. The lowest BCUT2D eigenvalue weighted by Crippen LogP contribution is -2.60. The van der Waals surface area contributed by atoms with E-state index in [2.05, 4.69) is 4.99 Å². The summed E-state index contributed by atoms with van der Waals surface area (Å²) in [6.45, 7) is 2.43. The summed E-state index contributed by atoms with van der Waals surface area (Å²) in [5.41, 5.74) is 1.99. The first-order valence-electron chi connectivity index (χ1n) is 6.91. The zero-order valence-electron chi connectivity index (χ0n) is 12.5. The molecule has 1 atom stereocenters. The number of aliphatic imine (C=N–C) groups is 1. The monoisotopic (exact) mass is 327 g/mol. The third kappa shape index (κ3) is 2.27. The van der Waals surface area contributed by atoms with Gasteiger partial charge in [0, 0.05) is 18.6 Å². The number of hydrogen-bond donors (Lipinski definition) is 1. The van der Waals surface area contributed by atoms with Gasteiger partial charge >= 0.3 is 5.92 Å². The van der Waals surface area contributed by atoms with Crippen molar-refractivity contribution in [1.82, 2.24) is 0 Å². The Balaban J connectivity index is 2.27. The van der Waals surface area contributed by atoms with E-state index in [4.69, 9.17) is 15.2 Å². The van der Waals surface area contributed by atoms with E-state index in [1.165, 1.54) is 12.1 Å². The maximum Gasteiger partial charge on any atom is 0.310 e. The summed E-state index contributed by atoms with van der Waals surface area (Å²) in [5.74, 6) is -3.28. The predicted octanol–water partition coefficient (Wildman–Crippen LogP) is 2.33. The first kappa shape index (κ1) is 15.4. The summed E-state index contributed by atoms with van der Waals surface area (Å²) in [6, 6.07) is 3.19. The zero-order valence-corrected chi connectivity index (χ0v) is 12.5. The second-order valence-corrected chi connectivity index (χ2v) is 6.26. The largest absolute Gasteiger partial charge is 0.487 e. The number of nitrogens with two attached hydrogens (primary N) is 1. The Bertz CT molecular complexity index is 720. The molecule has 2 aliphatic heterocycles. The van der Waals surface area contributed by atoms with E-state index in [9.17, 15) is 18.9 Å². The number of ether oxygens (including phenoxy) is 2. The van der Waals surface area contributed by atoms with Crippen molar-refractivity contribution in [2.24, 2.45) is 10.7 Å². The third-order valence-electron chi connectivity index (χ3n) is 3.97. The van der Waals surface area contributed by atoms with E-state index in [1.54, 1.807) is 13.8 Å². The normalized spacial score (nSPS) is 27.4. The minimum absolute atomic E-state index is 0.0890. The molecule has 0 aliphatic carbocycles. The van der Waals surface area contributed by atoms with E-state index < -0.39 is 28.6 Å². The van der Waals surface area contributed by atoms with Gasteiger partial charge in [-0.1, -0.05) is 0 Å². The van der Waals surface area contributed by atoms with Gasteiger partial charge in [0.2, 0.25) is 5.60 Å². The summed E-state index contributed by atoms with van der Waals surface area (Å²) in [5, 5.41) is 11.0. The molecule has 2 aliphatic rings. The van der Waals surface area contributed by atoms with Gasteiger partial charge in [-0.25, -0.2) is 4.99 Å². The van der Waals surface area contributed by atoms with Gasteiger partial charge in [-0.15, -0.1) is 0 Å². The molecule has 0 fully saturated rings. The molecule has 0 saturated carbocycles. The van der Waals surface area contributed by atoms with Crippen LogP contribution in [0.4, 0.5) is 14.5 Å². The lowest BCUT2D eigenvalue weighted by atomic mass is 9.75. The molecule has 7 nitrogen and oxygen atoms in total. The number of nitrogens with zero attached hydrogens (tertiary/aromatic N) is 2. The maximum absolute atomic E-state index is 14.8. The molecule has 2 heterocycles. The predicted molar refractivity (Wildman–Crippen MR) is 76.6 cm³/mol. The highest BCUT2D eigenvalue weighted by Crippen LogP contribution is 2.55. The van der Waals surface area contributed by atoms with Gasteiger partial charge in [-0.3, -0.25) is 10.1 Å². The van der Waals surface area contributed by atoms with Crippen LogP contribution < -0.4 is 10.5 Å². The van der Waals surface area contributed by atoms with Crippen LogP contribution in [-0.4, -0.2) is 29.0 Å². The minimum atomic E-state index is -3.39. The van der Waals surface area contributed by atoms with Crippen molar-refractivity contribution in [3.63, 3.8) is 0 Å². The lowest BCUT2D eigenvalue weighted by Gasteiger charge is -2.49. The Morgan fingerprint density at radius 3 is 2.70 bits per heavy atom. The molecule has 124 valence electrons. The Morgan fingerprint density at radius 1 is 1.35 bits per heavy atom. The van der Waals surface area contributed by atoms with Crippen LogP contribution in [0.5, 0.6) is 5.75 Å². The fourth-order valence-electron chi connectivity index (χ4n) is 3.07. The second-order valence-electron chi connectivity index (χ2n) is 6.26. The van der Waals surface area contributed by atoms with Crippen molar-refractivity contribution in [2.45, 2.75) is 37.4 Å². The molecule has 2 N–H and O–H groups in total. The van der Waals surface area contributed by atoms with Crippen LogP contribution in [0.25, 0.3) is 0 Å². The van der Waals surface area contributed by atoms with Gasteiger partial charge in [0.1, 0.15) is 17.9 Å². The van der Waals surface area contributed by atoms with Crippen molar-refractivity contribution in [1.29, 1.82) is 0 Å². The summed E-state index contributed by atoms with van der Waals surface area (Å²) in [4.78, 5) is 13.8. The highest BCUT2D eigenvalue weighted by atomic mass is 19.3. The summed E-state index contributed by atoms with van der Waals surface area (Å²) in [7, 11) is 0. The van der Waals surface area contributed by atoms with Crippen LogP contribution in [0.3, 0.4) is 0 Å². The number of halogens is 2. The molecule has 0 aromatic heterocycles. The highest BCUT2D eigenvalue weighted by Gasteiger charge is 2.64. The SMILES string of the molecule is CC1(C)C[C@@]2(OC(N)=NCC2(F)F)c2cc([N+](=O)[O-])ccc2O1. The molecule has 0 amide bonds. The number of non-ortho nitro benzene ring substituents is 1. The summed E-state index contributed by atoms with van der Waals surface area (Å²) < 4.78 is 40.5. The van der Waals surface area contributed by atoms with E-state index in [-0.39, 0.29) is 29.4 Å². The Kier molecular flexibility index (Phi) is 3.04. The highest BCUT2D eigenvalue weighted by molar-refractivity contribution is 5.73. The fourth-order valence-corrected chi connectivity index (χ4v) is 3.07. The molecule has 1 spiro atoms. The van der Waals surface area contributed by atoms with Crippen molar-refractivity contribution in [3.8, 4) is 5.75 Å². The number of amidine groups is 1. The molecule has 3 rings (SSSR count). The minimum Gasteiger partial charge on any atom is -0.487 e. The number of hydrogen-bond acceptors (Lipinski definition) is 6. The van der Waals surface area contributed by atoms with E-state index in [0.717, 1.165) is 6.07 Å². The third-order valence-corrected chi connectivity index (χ3v) is 3.97. The van der Waals surface area contributed by atoms with Crippen LogP contribution >= 0.6 is 0 Å². The first-order chi connectivity index (χ1) is 10.6. The van der Waals surface area contributed by atoms with Crippen molar-refractivity contribution in [2.75, 3.05) is 6.54 Å². The van der Waals surface area contributed by atoms with Crippen molar-refractivity contribution in [3.05, 3.63) is 33.9 Å². The smallest absolute Gasteiger partial charge is 0.310 e. The second kappa shape index (κ2) is 4.53. The van der Waals surface area contributed by atoms with Gasteiger partial charge < -0.3 is 15.2 Å². The Morgan fingerprint density at radius 2 is 2.04 bits per heavy atom. The number of benzene rings is 1. The Hall–Kier alpha value is -2.45. The fraction of sp³-hybridized carbons (Fsp3) is 0.500. The zero-order chi connectivity index (χ0) is 17.0. The number of nitro groups is 1. The van der Waals surface area contributed by atoms with Crippen LogP contribution in [0.2, 0.25) is 0 Å². The van der Waals surface area contributed by atoms with Gasteiger partial charge in [0.05, 0.1) is 10.5 Å². The number of rotatable bonds is 1. The first-order valence-corrected chi connectivity index (χ1v) is 6.91. The molecule has 1 aromatic rings. The molecular formula is C14H15F2N3O4. The van der Waals surface area contributed by atoms with E-state index in [1.807, 2.05) is 0 Å². The Labute approximate surface area is 130 Å². The lowest BCUT2D eigenvalue weighted by molar-refractivity contribution is -0.385. The van der Waals surface area contributed by atoms with Crippen molar-refractivity contribution >= 4 is 11.7 Å². The van der Waals surface area contributed by atoms with Crippen LogP contribution in [0, 0.1) is 10.1 Å². The molecule has 0 bridgehead atoms. The van der Waals surface area contributed by atoms with Gasteiger partial charge in [-0.2, -0.15) is 8.78 Å². The van der Waals surface area contributed by atoms with Gasteiger partial charge in [-0.05, 0) is 19.9 Å². The summed E-state index contributed by atoms with van der Waals surface area (Å²) >= 11 is 0. The van der Waals surface area contributed by atoms with Crippen molar-refractivity contribution < 1.29 is 23.2 Å².